The van der Waals surface area contributed by atoms with Crippen LogP contribution in [0.3, 0.4) is 0 Å². The Morgan fingerprint density at radius 2 is 0.425 bits per heavy atom. The smallest absolute Gasteiger partial charge is 0.252 e. The number of hydrogen-bond acceptors (Lipinski definition) is 4. The van der Waals surface area contributed by atoms with Gasteiger partial charge in [-0.15, -0.1) is 0 Å². The third kappa shape index (κ3) is 13.4. The molecular weight excluding hydrogens is 1450 g/mol. The molecule has 4 aliphatic heterocycles. The highest BCUT2D eigenvalue weighted by atomic mass is 15.2. The molecule has 120 heavy (non-hydrogen) atoms. The van der Waals surface area contributed by atoms with Crippen molar-refractivity contribution in [2.45, 2.75) is 157 Å². The van der Waals surface area contributed by atoms with Crippen molar-refractivity contribution in [2.75, 3.05) is 19.6 Å². The first-order chi connectivity index (χ1) is 57.3. The molecule has 0 N–H and O–H groups in total. The Kier molecular flexibility index (Phi) is 18.5. The Morgan fingerprint density at radius 3 is 0.717 bits per heavy atom. The van der Waals surface area contributed by atoms with Crippen LogP contribution in [0.2, 0.25) is 0 Å². The summed E-state index contributed by atoms with van der Waals surface area (Å²) in [6, 6.07) is 128. The SMILES string of the molecule is CC(C)(C)c1ccc(-c2cc3c4c(c2)N(c2c(-c5ccccc5)cccc2-c2ccccc2)c2cc(C(C)(C)C)ccc2B4c2cc4c(cc2N3c2ccc(C(C)(C)C)cc2)N(c2c(-c3ccccc3)cccc2-c2ccccc2)c2cc(-c3ccc(C(C)(C)C)cc3)cc3c2B4c2ccc(C(C)(C)C)cc2N3c2ccc(C(C)(C)C)cc2)cc1. The number of para-hydroxylation sites is 2. The summed E-state index contributed by atoms with van der Waals surface area (Å²) in [5, 5.41) is 0. The zero-order chi connectivity index (χ0) is 83.4. The van der Waals surface area contributed by atoms with Gasteiger partial charge in [0, 0.05) is 79.1 Å². The lowest BCUT2D eigenvalue weighted by atomic mass is 9.30. The fraction of sp³-hybridized carbons (Fsp3) is 0.211. The number of hydrogen-bond donors (Lipinski definition) is 0. The van der Waals surface area contributed by atoms with E-state index in [1.807, 2.05) is 0 Å². The molecule has 15 aromatic carbocycles. The van der Waals surface area contributed by atoms with E-state index in [0.29, 0.717) is 0 Å². The van der Waals surface area contributed by atoms with E-state index in [1.165, 1.54) is 77.5 Å². The molecule has 4 nitrogen and oxygen atoms in total. The predicted octanol–water partition coefficient (Wildman–Crippen LogP) is 27.6. The topological polar surface area (TPSA) is 13.0 Å². The Labute approximate surface area is 714 Å². The number of anilines is 12. The summed E-state index contributed by atoms with van der Waals surface area (Å²) < 4.78 is 0. The second kappa shape index (κ2) is 28.7. The van der Waals surface area contributed by atoms with Gasteiger partial charge < -0.3 is 19.6 Å². The fourth-order valence-corrected chi connectivity index (χ4v) is 19.3. The van der Waals surface area contributed by atoms with Crippen LogP contribution in [-0.2, 0) is 32.5 Å². The third-order valence-electron chi connectivity index (χ3n) is 26.0. The van der Waals surface area contributed by atoms with Gasteiger partial charge in [0.05, 0.1) is 11.4 Å². The van der Waals surface area contributed by atoms with Crippen LogP contribution in [0.5, 0.6) is 0 Å². The molecule has 4 aliphatic rings. The van der Waals surface area contributed by atoms with Crippen molar-refractivity contribution in [3.63, 3.8) is 0 Å². The molecule has 15 aromatic rings. The molecule has 0 saturated carbocycles. The molecule has 590 valence electrons. The van der Waals surface area contributed by atoms with Gasteiger partial charge in [-0.25, -0.2) is 0 Å². The summed E-state index contributed by atoms with van der Waals surface area (Å²) >= 11 is 0. The summed E-state index contributed by atoms with van der Waals surface area (Å²) in [5.74, 6) is 0. The van der Waals surface area contributed by atoms with E-state index >= 15 is 0 Å². The van der Waals surface area contributed by atoms with Crippen LogP contribution in [0.4, 0.5) is 68.2 Å². The maximum atomic E-state index is 2.75. The zero-order valence-electron chi connectivity index (χ0n) is 73.1. The lowest BCUT2D eigenvalue weighted by Crippen LogP contribution is -2.65. The van der Waals surface area contributed by atoms with Crippen molar-refractivity contribution in [3.05, 3.63) is 361 Å². The molecule has 0 radical (unpaired) electrons. The van der Waals surface area contributed by atoms with Crippen molar-refractivity contribution in [3.8, 4) is 66.8 Å². The monoisotopic (exact) mass is 1550 g/mol. The molecular formula is C114H108B2N4. The average Bonchev–Trinajstić information content (AvgIpc) is 0.678. The minimum atomic E-state index is -0.282. The summed E-state index contributed by atoms with van der Waals surface area (Å²) in [7, 11) is 0. The first kappa shape index (κ1) is 77.5. The van der Waals surface area contributed by atoms with E-state index in [2.05, 4.69) is 472 Å². The van der Waals surface area contributed by atoms with Crippen molar-refractivity contribution >= 4 is 114 Å². The second-order valence-electron chi connectivity index (χ2n) is 40.2. The van der Waals surface area contributed by atoms with Gasteiger partial charge in [-0.3, -0.25) is 0 Å². The van der Waals surface area contributed by atoms with Gasteiger partial charge in [0.2, 0.25) is 0 Å². The lowest BCUT2D eigenvalue weighted by Gasteiger charge is -2.48. The van der Waals surface area contributed by atoms with Crippen LogP contribution < -0.4 is 52.4 Å². The van der Waals surface area contributed by atoms with E-state index in [9.17, 15) is 0 Å². The van der Waals surface area contributed by atoms with Crippen molar-refractivity contribution in [2.24, 2.45) is 0 Å². The minimum absolute atomic E-state index is 0.0509. The standard InChI is InChI=1S/C114H108B2N4/c1-109(2,3)81-49-45-73(46-50-81)79-65-101-105-104(68-79)120(108-91(77-37-27-21-28-38-77)43-32-44-92(108)78-39-29-22-30-40-78)100-72-99-95(71-96(100)115(105)93-63-57-85(113(13,14)15)69-97(93)117(101)87-59-53-83(54-60-87)111(7,8)9)116-94-64-58-86(114(16,17)18)70-98(94)119(107-89(75-33-23-19-24-34-75)41-31-42-90(107)76-35-25-20-26-36-76)103-67-80(74-47-51-82(52-48-74)110(4,5)6)66-102(106(103)116)118(99)88-61-55-84(56-62-88)112(10,11)12/h19-72H,1-18H3. The number of nitrogens with zero attached hydrogens (tertiary/aromatic N) is 4. The maximum Gasteiger partial charge on any atom is 0.252 e. The van der Waals surface area contributed by atoms with Crippen LogP contribution in [0.1, 0.15) is 158 Å². The summed E-state index contributed by atoms with van der Waals surface area (Å²) in [6.45, 7) is 41.6. The van der Waals surface area contributed by atoms with Crippen LogP contribution in [0.15, 0.2) is 328 Å². The Balaban J connectivity index is 1.00. The molecule has 4 heterocycles. The first-order valence-corrected chi connectivity index (χ1v) is 43.3. The van der Waals surface area contributed by atoms with Gasteiger partial charge in [-0.05, 0) is 210 Å². The zero-order valence-corrected chi connectivity index (χ0v) is 73.1. The van der Waals surface area contributed by atoms with Gasteiger partial charge in [0.25, 0.3) is 13.4 Å². The molecule has 0 aliphatic carbocycles. The highest BCUT2D eigenvalue weighted by Gasteiger charge is 2.50. The van der Waals surface area contributed by atoms with Crippen LogP contribution >= 0.6 is 0 Å². The second-order valence-corrected chi connectivity index (χ2v) is 40.2. The minimum Gasteiger partial charge on any atom is -0.311 e. The van der Waals surface area contributed by atoms with Crippen molar-refractivity contribution in [1.82, 2.24) is 0 Å². The Hall–Kier alpha value is -12.4. The van der Waals surface area contributed by atoms with Crippen molar-refractivity contribution in [1.29, 1.82) is 0 Å². The first-order valence-electron chi connectivity index (χ1n) is 43.3. The van der Waals surface area contributed by atoms with E-state index in [4.69, 9.17) is 0 Å². The lowest BCUT2D eigenvalue weighted by molar-refractivity contribution is 0.590. The number of fused-ring (bicyclic) bond motifs is 8. The Morgan fingerprint density at radius 1 is 0.175 bits per heavy atom. The van der Waals surface area contributed by atoms with Gasteiger partial charge in [-0.2, -0.15) is 0 Å². The van der Waals surface area contributed by atoms with Crippen LogP contribution in [0, 0.1) is 0 Å². The highest BCUT2D eigenvalue weighted by Crippen LogP contribution is 2.56. The normalized spacial score (nSPS) is 13.7. The molecule has 6 heteroatoms. The number of benzene rings is 15. The van der Waals surface area contributed by atoms with E-state index in [0.717, 1.165) is 124 Å². The molecule has 0 atom stereocenters. The maximum absolute atomic E-state index is 2.75. The Bertz CT molecular complexity index is 6370. The molecule has 0 aromatic heterocycles. The molecule has 0 fully saturated rings. The molecule has 0 saturated heterocycles. The van der Waals surface area contributed by atoms with E-state index in [1.54, 1.807) is 0 Å². The summed E-state index contributed by atoms with van der Waals surface area (Å²) in [4.78, 5) is 10.8. The predicted molar refractivity (Wildman–Crippen MR) is 519 cm³/mol. The van der Waals surface area contributed by atoms with Gasteiger partial charge in [0.1, 0.15) is 0 Å². The molecule has 0 bridgehead atoms. The third-order valence-corrected chi connectivity index (χ3v) is 26.0. The van der Waals surface area contributed by atoms with Crippen LogP contribution in [-0.4, -0.2) is 13.4 Å². The summed E-state index contributed by atoms with van der Waals surface area (Å²) in [5.41, 5.74) is 42.1. The van der Waals surface area contributed by atoms with E-state index < -0.39 is 0 Å². The largest absolute Gasteiger partial charge is 0.311 e. The summed E-state index contributed by atoms with van der Waals surface area (Å²) in [6.07, 6.45) is 0. The number of rotatable bonds is 10. The van der Waals surface area contributed by atoms with E-state index in [-0.39, 0.29) is 45.9 Å². The highest BCUT2D eigenvalue weighted by molar-refractivity contribution is 7.03. The fourth-order valence-electron chi connectivity index (χ4n) is 19.3. The average molecular weight is 1560 g/mol. The molecule has 19 rings (SSSR count). The van der Waals surface area contributed by atoms with Crippen LogP contribution in [0.25, 0.3) is 66.8 Å². The van der Waals surface area contributed by atoms with Gasteiger partial charge >= 0.3 is 0 Å². The molecule has 0 unspecified atom stereocenters. The van der Waals surface area contributed by atoms with Crippen molar-refractivity contribution < 1.29 is 0 Å². The van der Waals surface area contributed by atoms with Gasteiger partial charge in [-0.1, -0.05) is 385 Å². The molecule has 0 amide bonds. The van der Waals surface area contributed by atoms with Gasteiger partial charge in [0.15, 0.2) is 0 Å². The quantitative estimate of drug-likeness (QED) is 0.127. The molecule has 0 spiro atoms.